The molecule has 1 aromatic rings. The lowest BCUT2D eigenvalue weighted by molar-refractivity contribution is 0.0684. The summed E-state index contributed by atoms with van der Waals surface area (Å²) in [6, 6.07) is 1.70. The SMILES string of the molecule is Cc1ccoc1C(O)C(C)F. The molecule has 1 heterocycles. The predicted octanol–water partition coefficient (Wildman–Crippen LogP) is 1.98. The van der Waals surface area contributed by atoms with Crippen LogP contribution in [0.25, 0.3) is 0 Å². The molecule has 2 atom stereocenters. The Hall–Kier alpha value is -0.830. The molecular weight excluding hydrogens is 147 g/mol. The second-order valence-electron chi connectivity index (χ2n) is 2.59. The van der Waals surface area contributed by atoms with E-state index in [-0.39, 0.29) is 0 Å². The summed E-state index contributed by atoms with van der Waals surface area (Å²) in [4.78, 5) is 0. The molecular formula is C8H11FO2. The van der Waals surface area contributed by atoms with Gasteiger partial charge in [0.25, 0.3) is 0 Å². The standard InChI is InChI=1S/C8H11FO2/c1-5-3-4-11-8(5)7(10)6(2)9/h3-4,6-7,10H,1-2H3. The van der Waals surface area contributed by atoms with E-state index >= 15 is 0 Å². The Labute approximate surface area is 64.6 Å². The molecule has 2 unspecified atom stereocenters. The first-order valence-corrected chi connectivity index (χ1v) is 3.49. The van der Waals surface area contributed by atoms with Gasteiger partial charge in [-0.15, -0.1) is 0 Å². The molecule has 0 saturated carbocycles. The molecule has 0 aromatic carbocycles. The average molecular weight is 158 g/mol. The topological polar surface area (TPSA) is 33.4 Å². The minimum atomic E-state index is -1.29. The lowest BCUT2D eigenvalue weighted by Gasteiger charge is -2.08. The molecule has 0 aliphatic rings. The molecule has 0 amide bonds. The first-order valence-electron chi connectivity index (χ1n) is 3.49. The number of aryl methyl sites for hydroxylation is 1. The number of furan rings is 1. The minimum absolute atomic E-state index is 0.319. The van der Waals surface area contributed by atoms with Crippen LogP contribution in [0.15, 0.2) is 16.7 Å². The van der Waals surface area contributed by atoms with E-state index in [1.165, 1.54) is 13.2 Å². The van der Waals surface area contributed by atoms with Crippen molar-refractivity contribution < 1.29 is 13.9 Å². The molecule has 1 rings (SSSR count). The molecule has 11 heavy (non-hydrogen) atoms. The van der Waals surface area contributed by atoms with Gasteiger partial charge in [0.15, 0.2) is 0 Å². The summed E-state index contributed by atoms with van der Waals surface area (Å²) in [7, 11) is 0. The minimum Gasteiger partial charge on any atom is -0.466 e. The highest BCUT2D eigenvalue weighted by Crippen LogP contribution is 2.22. The average Bonchev–Trinajstić information content (AvgIpc) is 2.33. The van der Waals surface area contributed by atoms with Crippen molar-refractivity contribution in [2.45, 2.75) is 26.1 Å². The summed E-state index contributed by atoms with van der Waals surface area (Å²) in [5.41, 5.74) is 0.780. The van der Waals surface area contributed by atoms with Crippen molar-refractivity contribution in [1.82, 2.24) is 0 Å². The summed E-state index contributed by atoms with van der Waals surface area (Å²) in [5.74, 6) is 0.319. The molecule has 0 fully saturated rings. The summed E-state index contributed by atoms with van der Waals surface area (Å²) in [5, 5.41) is 9.20. The zero-order chi connectivity index (χ0) is 8.43. The van der Waals surface area contributed by atoms with Gasteiger partial charge in [0.05, 0.1) is 6.26 Å². The zero-order valence-corrected chi connectivity index (χ0v) is 6.54. The second kappa shape index (κ2) is 3.05. The highest BCUT2D eigenvalue weighted by Gasteiger charge is 2.19. The Morgan fingerprint density at radius 1 is 1.64 bits per heavy atom. The van der Waals surface area contributed by atoms with Gasteiger partial charge in [-0.2, -0.15) is 0 Å². The molecule has 0 radical (unpaired) electrons. The van der Waals surface area contributed by atoms with Crippen LogP contribution in [0.5, 0.6) is 0 Å². The predicted molar refractivity (Wildman–Crippen MR) is 39.0 cm³/mol. The number of hydrogen-bond donors (Lipinski definition) is 1. The van der Waals surface area contributed by atoms with Crippen molar-refractivity contribution in [2.24, 2.45) is 0 Å². The number of hydrogen-bond acceptors (Lipinski definition) is 2. The van der Waals surface area contributed by atoms with Crippen molar-refractivity contribution in [2.75, 3.05) is 0 Å². The first kappa shape index (κ1) is 8.27. The number of halogens is 1. The van der Waals surface area contributed by atoms with Crippen molar-refractivity contribution in [3.8, 4) is 0 Å². The highest BCUT2D eigenvalue weighted by molar-refractivity contribution is 5.17. The third-order valence-electron chi connectivity index (χ3n) is 1.61. The number of alkyl halides is 1. The van der Waals surface area contributed by atoms with Crippen molar-refractivity contribution in [1.29, 1.82) is 0 Å². The molecule has 0 aliphatic carbocycles. The Balaban J connectivity index is 2.84. The maximum Gasteiger partial charge on any atom is 0.143 e. The van der Waals surface area contributed by atoms with Crippen LogP contribution in [0.3, 0.4) is 0 Å². The molecule has 3 heteroatoms. The lowest BCUT2D eigenvalue weighted by Crippen LogP contribution is -2.09. The quantitative estimate of drug-likeness (QED) is 0.713. The molecule has 62 valence electrons. The van der Waals surface area contributed by atoms with E-state index < -0.39 is 12.3 Å². The fourth-order valence-electron chi connectivity index (χ4n) is 0.896. The molecule has 1 aromatic heterocycles. The van der Waals surface area contributed by atoms with Crippen LogP contribution in [0, 0.1) is 6.92 Å². The van der Waals surface area contributed by atoms with Crippen LogP contribution in [-0.2, 0) is 0 Å². The van der Waals surface area contributed by atoms with Crippen LogP contribution in [0.2, 0.25) is 0 Å². The van der Waals surface area contributed by atoms with Crippen molar-refractivity contribution >= 4 is 0 Å². The van der Waals surface area contributed by atoms with E-state index in [9.17, 15) is 9.50 Å². The van der Waals surface area contributed by atoms with Gasteiger partial charge in [0.1, 0.15) is 18.0 Å². The molecule has 0 spiro atoms. The van der Waals surface area contributed by atoms with Crippen molar-refractivity contribution in [3.05, 3.63) is 23.7 Å². The largest absolute Gasteiger partial charge is 0.466 e. The van der Waals surface area contributed by atoms with Gasteiger partial charge in [-0.05, 0) is 25.5 Å². The summed E-state index contributed by atoms with van der Waals surface area (Å²) >= 11 is 0. The van der Waals surface area contributed by atoms with Crippen LogP contribution in [0.1, 0.15) is 24.4 Å². The maximum atomic E-state index is 12.5. The van der Waals surface area contributed by atoms with E-state index in [1.54, 1.807) is 13.0 Å². The second-order valence-corrected chi connectivity index (χ2v) is 2.59. The molecule has 1 N–H and O–H groups in total. The van der Waals surface area contributed by atoms with E-state index in [4.69, 9.17) is 4.42 Å². The van der Waals surface area contributed by atoms with Gasteiger partial charge < -0.3 is 9.52 Å². The van der Waals surface area contributed by atoms with E-state index in [0.717, 1.165) is 5.56 Å². The molecule has 0 aliphatic heterocycles. The number of aliphatic hydroxyl groups is 1. The molecule has 0 bridgehead atoms. The maximum absolute atomic E-state index is 12.5. The van der Waals surface area contributed by atoms with Gasteiger partial charge in [-0.3, -0.25) is 0 Å². The van der Waals surface area contributed by atoms with Crippen molar-refractivity contribution in [3.63, 3.8) is 0 Å². The van der Waals surface area contributed by atoms with Gasteiger partial charge in [-0.25, -0.2) is 4.39 Å². The zero-order valence-electron chi connectivity index (χ0n) is 6.54. The van der Waals surface area contributed by atoms with Crippen LogP contribution >= 0.6 is 0 Å². The van der Waals surface area contributed by atoms with Crippen LogP contribution in [-0.4, -0.2) is 11.3 Å². The highest BCUT2D eigenvalue weighted by atomic mass is 19.1. The molecule has 0 saturated heterocycles. The van der Waals surface area contributed by atoms with E-state index in [1.807, 2.05) is 0 Å². The Bertz CT molecular complexity index is 230. The summed E-state index contributed by atoms with van der Waals surface area (Å²) in [6.45, 7) is 3.07. The van der Waals surface area contributed by atoms with Gasteiger partial charge >= 0.3 is 0 Å². The third-order valence-corrected chi connectivity index (χ3v) is 1.61. The monoisotopic (exact) mass is 158 g/mol. The summed E-state index contributed by atoms with van der Waals surface area (Å²) in [6.07, 6.45) is -0.985. The Morgan fingerprint density at radius 2 is 2.27 bits per heavy atom. The van der Waals surface area contributed by atoms with Crippen LogP contribution in [0.4, 0.5) is 4.39 Å². The normalized spacial score (nSPS) is 16.4. The Kier molecular flexibility index (Phi) is 2.29. The van der Waals surface area contributed by atoms with Gasteiger partial charge in [0, 0.05) is 0 Å². The number of rotatable bonds is 2. The smallest absolute Gasteiger partial charge is 0.143 e. The van der Waals surface area contributed by atoms with Gasteiger partial charge in [0.2, 0.25) is 0 Å². The third kappa shape index (κ3) is 1.60. The first-order chi connectivity index (χ1) is 5.13. The Morgan fingerprint density at radius 3 is 2.64 bits per heavy atom. The molecule has 2 nitrogen and oxygen atoms in total. The summed E-state index contributed by atoms with van der Waals surface area (Å²) < 4.78 is 17.4. The number of aliphatic hydroxyl groups excluding tert-OH is 1. The van der Waals surface area contributed by atoms with E-state index in [0.29, 0.717) is 5.76 Å². The van der Waals surface area contributed by atoms with Crippen LogP contribution < -0.4 is 0 Å². The van der Waals surface area contributed by atoms with Gasteiger partial charge in [-0.1, -0.05) is 0 Å². The van der Waals surface area contributed by atoms with E-state index in [2.05, 4.69) is 0 Å². The fraction of sp³-hybridized carbons (Fsp3) is 0.500. The lowest BCUT2D eigenvalue weighted by atomic mass is 10.1. The fourth-order valence-corrected chi connectivity index (χ4v) is 0.896.